The number of halogens is 5. The van der Waals surface area contributed by atoms with Gasteiger partial charge in [0.15, 0.2) is 6.61 Å². The van der Waals surface area contributed by atoms with Crippen molar-refractivity contribution >= 4 is 28.1 Å². The van der Waals surface area contributed by atoms with Gasteiger partial charge in [-0.05, 0) is 31.0 Å². The van der Waals surface area contributed by atoms with E-state index < -0.39 is 18.7 Å². The van der Waals surface area contributed by atoms with E-state index in [0.717, 1.165) is 22.5 Å². The van der Waals surface area contributed by atoms with E-state index in [-0.39, 0.29) is 24.4 Å². The van der Waals surface area contributed by atoms with E-state index >= 15 is 0 Å². The lowest BCUT2D eigenvalue weighted by molar-refractivity contribution is -0.289. The van der Waals surface area contributed by atoms with Crippen molar-refractivity contribution in [2.24, 2.45) is 0 Å². The van der Waals surface area contributed by atoms with Gasteiger partial charge in [-0.3, -0.25) is 0 Å². The van der Waals surface area contributed by atoms with Gasteiger partial charge in [-0.25, -0.2) is 4.98 Å². The van der Waals surface area contributed by atoms with Crippen molar-refractivity contribution in [2.75, 3.05) is 36.5 Å². The molecule has 0 atom stereocenters. The maximum atomic E-state index is 13.5. The lowest BCUT2D eigenvalue weighted by Crippen LogP contribution is -2.41. The summed E-state index contributed by atoms with van der Waals surface area (Å²) >= 11 is 0. The Labute approximate surface area is 186 Å². The molecule has 10 heteroatoms. The van der Waals surface area contributed by atoms with E-state index in [1.807, 2.05) is 31.2 Å². The third-order valence-electron chi connectivity index (χ3n) is 5.54. The zero-order chi connectivity index (χ0) is 23.8. The summed E-state index contributed by atoms with van der Waals surface area (Å²) in [7, 11) is 0. The molecule has 1 aromatic heterocycles. The summed E-state index contributed by atoms with van der Waals surface area (Å²) in [6.45, 7) is 0.785. The first kappa shape index (κ1) is 23.0. The molecule has 0 saturated heterocycles. The fourth-order valence-corrected chi connectivity index (χ4v) is 3.96. The average molecular weight is 467 g/mol. The second-order valence-corrected chi connectivity index (χ2v) is 7.77. The van der Waals surface area contributed by atoms with Crippen molar-refractivity contribution in [1.29, 1.82) is 0 Å². The van der Waals surface area contributed by atoms with E-state index in [1.165, 1.54) is 6.07 Å². The first-order valence-corrected chi connectivity index (χ1v) is 10.3. The van der Waals surface area contributed by atoms with Crippen LogP contribution in [0.5, 0.6) is 5.75 Å². The molecule has 0 spiro atoms. The molecule has 176 valence electrons. The number of nitrogens with one attached hydrogen (secondary N) is 1. The van der Waals surface area contributed by atoms with Crippen LogP contribution in [-0.2, 0) is 6.42 Å². The number of ether oxygens (including phenoxy) is 1. The molecule has 0 radical (unpaired) electrons. The number of benzene rings is 2. The number of aliphatic hydroxyl groups is 1. The van der Waals surface area contributed by atoms with Gasteiger partial charge in [-0.2, -0.15) is 22.0 Å². The van der Waals surface area contributed by atoms with Gasteiger partial charge in [0, 0.05) is 29.7 Å². The molecule has 0 unspecified atom stereocenters. The molecule has 33 heavy (non-hydrogen) atoms. The van der Waals surface area contributed by atoms with Crippen LogP contribution in [0.2, 0.25) is 0 Å². The summed E-state index contributed by atoms with van der Waals surface area (Å²) in [5.41, 5.74) is 3.79. The van der Waals surface area contributed by atoms with Gasteiger partial charge in [0.1, 0.15) is 17.1 Å². The molecular weight excluding hydrogens is 445 g/mol. The van der Waals surface area contributed by atoms with E-state index in [1.54, 1.807) is 12.1 Å². The second kappa shape index (κ2) is 8.66. The number of aromatic nitrogens is 1. The number of hydrogen-bond acceptors (Lipinski definition) is 5. The molecule has 0 amide bonds. The van der Waals surface area contributed by atoms with Crippen LogP contribution in [0.4, 0.5) is 39.1 Å². The molecule has 4 rings (SSSR count). The number of pyridine rings is 1. The average Bonchev–Trinajstić information content (AvgIpc) is 3.21. The topological polar surface area (TPSA) is 57.6 Å². The number of nitrogens with zero attached hydrogens (tertiary/aromatic N) is 2. The largest absolute Gasteiger partial charge is 0.485 e. The highest BCUT2D eigenvalue weighted by atomic mass is 19.4. The van der Waals surface area contributed by atoms with E-state index in [4.69, 9.17) is 4.74 Å². The Balaban J connectivity index is 1.84. The van der Waals surface area contributed by atoms with Crippen molar-refractivity contribution in [3.8, 4) is 5.75 Å². The molecule has 2 heterocycles. The van der Waals surface area contributed by atoms with Crippen molar-refractivity contribution in [3.63, 3.8) is 0 Å². The lowest BCUT2D eigenvalue weighted by atomic mass is 10.1. The Bertz CT molecular complexity index is 1170. The first-order valence-electron chi connectivity index (χ1n) is 10.3. The van der Waals surface area contributed by atoms with Crippen LogP contribution in [0.15, 0.2) is 42.5 Å². The summed E-state index contributed by atoms with van der Waals surface area (Å²) in [5.74, 6) is -4.75. The van der Waals surface area contributed by atoms with E-state index in [0.29, 0.717) is 24.2 Å². The number of aliphatic hydroxyl groups excluding tert-OH is 1. The minimum atomic E-state index is -5.72. The van der Waals surface area contributed by atoms with E-state index in [9.17, 15) is 27.1 Å². The highest BCUT2D eigenvalue weighted by Gasteiger charge is 2.58. The Morgan fingerprint density at radius 1 is 1.09 bits per heavy atom. The SMILES string of the molecule is Cc1ccccc1N1CCc2c(NCCO)nc3c(OCC(F)(F)C(F)(F)F)cccc3c21. The van der Waals surface area contributed by atoms with Crippen LogP contribution < -0.4 is 15.0 Å². The summed E-state index contributed by atoms with van der Waals surface area (Å²) in [4.78, 5) is 6.57. The molecule has 3 aromatic rings. The Kier molecular flexibility index (Phi) is 6.04. The zero-order valence-electron chi connectivity index (χ0n) is 17.7. The van der Waals surface area contributed by atoms with Gasteiger partial charge < -0.3 is 20.1 Å². The summed E-state index contributed by atoms with van der Waals surface area (Å²) in [6, 6.07) is 12.3. The monoisotopic (exact) mass is 467 g/mol. The highest BCUT2D eigenvalue weighted by Crippen LogP contribution is 2.45. The predicted molar refractivity (Wildman–Crippen MR) is 116 cm³/mol. The number of fused-ring (bicyclic) bond motifs is 3. The summed E-state index contributed by atoms with van der Waals surface area (Å²) < 4.78 is 69.8. The molecule has 2 N–H and O–H groups in total. The molecular formula is C23H22F5N3O2. The zero-order valence-corrected chi connectivity index (χ0v) is 17.7. The number of alkyl halides is 5. The number of rotatable bonds is 7. The van der Waals surface area contributed by atoms with Gasteiger partial charge in [-0.15, -0.1) is 0 Å². The van der Waals surface area contributed by atoms with Gasteiger partial charge in [-0.1, -0.05) is 30.3 Å². The molecule has 1 aliphatic rings. The van der Waals surface area contributed by atoms with Crippen LogP contribution in [0.25, 0.3) is 10.9 Å². The maximum Gasteiger partial charge on any atom is 0.456 e. The normalized spacial score (nSPS) is 14.0. The number of para-hydroxylation sites is 2. The van der Waals surface area contributed by atoms with Crippen LogP contribution in [0.1, 0.15) is 11.1 Å². The lowest BCUT2D eigenvalue weighted by Gasteiger charge is -2.24. The second-order valence-electron chi connectivity index (χ2n) is 7.77. The standard InChI is InChI=1S/C23H22F5N3O2/c1-14-5-2-3-7-17(14)31-11-9-16-20(31)15-6-4-8-18(19(15)30-21(16)29-10-12-32)33-13-22(24,25)23(26,27)28/h2-8,32H,9-13H2,1H3,(H,29,30). The Morgan fingerprint density at radius 3 is 2.55 bits per heavy atom. The first-order chi connectivity index (χ1) is 15.6. The molecule has 0 aliphatic carbocycles. The van der Waals surface area contributed by atoms with Crippen LogP contribution in [-0.4, -0.2) is 48.5 Å². The van der Waals surface area contributed by atoms with Gasteiger partial charge in [0.25, 0.3) is 0 Å². The molecule has 0 bridgehead atoms. The maximum absolute atomic E-state index is 13.5. The predicted octanol–water partition coefficient (Wildman–Crippen LogP) is 5.22. The third-order valence-corrected chi connectivity index (χ3v) is 5.54. The van der Waals surface area contributed by atoms with Crippen LogP contribution in [0, 0.1) is 6.92 Å². The van der Waals surface area contributed by atoms with Gasteiger partial charge in [0.05, 0.1) is 12.3 Å². The molecule has 2 aromatic carbocycles. The number of anilines is 3. The number of aryl methyl sites for hydroxylation is 1. The smallest absolute Gasteiger partial charge is 0.456 e. The summed E-state index contributed by atoms with van der Waals surface area (Å²) in [5, 5.41) is 12.8. The van der Waals surface area contributed by atoms with E-state index in [2.05, 4.69) is 15.2 Å². The minimum absolute atomic E-state index is 0.161. The third kappa shape index (κ3) is 4.27. The van der Waals surface area contributed by atoms with Crippen molar-refractivity contribution in [1.82, 2.24) is 4.98 Å². The van der Waals surface area contributed by atoms with Gasteiger partial charge >= 0.3 is 12.1 Å². The quantitative estimate of drug-likeness (QED) is 0.467. The van der Waals surface area contributed by atoms with Crippen LogP contribution in [0.3, 0.4) is 0 Å². The number of hydrogen-bond donors (Lipinski definition) is 2. The highest BCUT2D eigenvalue weighted by molar-refractivity contribution is 6.02. The van der Waals surface area contributed by atoms with Crippen molar-refractivity contribution < 1.29 is 31.8 Å². The molecule has 1 aliphatic heterocycles. The fourth-order valence-electron chi connectivity index (χ4n) is 3.96. The minimum Gasteiger partial charge on any atom is -0.485 e. The summed E-state index contributed by atoms with van der Waals surface area (Å²) in [6.07, 6.45) is -5.08. The Morgan fingerprint density at radius 2 is 1.85 bits per heavy atom. The van der Waals surface area contributed by atoms with Crippen LogP contribution >= 0.6 is 0 Å². The van der Waals surface area contributed by atoms with Gasteiger partial charge in [0.2, 0.25) is 0 Å². The molecule has 5 nitrogen and oxygen atoms in total. The van der Waals surface area contributed by atoms with Crippen molar-refractivity contribution in [2.45, 2.75) is 25.4 Å². The van der Waals surface area contributed by atoms with Crippen molar-refractivity contribution in [3.05, 3.63) is 53.6 Å². The Hall–Kier alpha value is -3.14. The molecule has 0 fully saturated rings. The fraction of sp³-hybridized carbons (Fsp3) is 0.348. The molecule has 0 saturated carbocycles.